The zero-order valence-corrected chi connectivity index (χ0v) is 17.3. The molecule has 3 heterocycles. The van der Waals surface area contributed by atoms with E-state index in [0.717, 1.165) is 6.54 Å². The highest BCUT2D eigenvalue weighted by molar-refractivity contribution is 7.84. The number of aromatic nitrogens is 3. The maximum absolute atomic E-state index is 13.4. The standard InChI is InChI=1S/C19H20ClN5O3S/c1-29(27)13-2-3-14(16(20)7-13)15-6-11-8-23-19(21)24-17(11)25(18(15)26)10-12-9-22-4-5-28-12/h2-3,6-8,12,22H,4-5,9-10H2,1H3,(H2,21,23,24). The highest BCUT2D eigenvalue weighted by Gasteiger charge is 2.20. The van der Waals surface area contributed by atoms with Crippen LogP contribution in [0.1, 0.15) is 0 Å². The predicted molar refractivity (Wildman–Crippen MR) is 114 cm³/mol. The molecule has 2 aromatic heterocycles. The van der Waals surface area contributed by atoms with Gasteiger partial charge < -0.3 is 15.8 Å². The number of anilines is 1. The van der Waals surface area contributed by atoms with E-state index < -0.39 is 10.8 Å². The molecule has 8 nitrogen and oxygen atoms in total. The second-order valence-corrected chi connectivity index (χ2v) is 8.56. The normalized spacial score (nSPS) is 18.1. The van der Waals surface area contributed by atoms with E-state index in [0.29, 0.717) is 51.8 Å². The van der Waals surface area contributed by atoms with E-state index in [9.17, 15) is 9.00 Å². The van der Waals surface area contributed by atoms with Crippen molar-refractivity contribution in [1.29, 1.82) is 0 Å². The van der Waals surface area contributed by atoms with Gasteiger partial charge in [-0.1, -0.05) is 17.7 Å². The fourth-order valence-electron chi connectivity index (χ4n) is 3.37. The minimum absolute atomic E-state index is 0.0916. The van der Waals surface area contributed by atoms with Crippen LogP contribution in [0, 0.1) is 0 Å². The van der Waals surface area contributed by atoms with Gasteiger partial charge in [-0.3, -0.25) is 13.6 Å². The first kappa shape index (κ1) is 20.0. The van der Waals surface area contributed by atoms with Crippen molar-refractivity contribution in [1.82, 2.24) is 19.9 Å². The van der Waals surface area contributed by atoms with Crippen LogP contribution in [0.3, 0.4) is 0 Å². The van der Waals surface area contributed by atoms with Gasteiger partial charge >= 0.3 is 0 Å². The number of pyridine rings is 1. The molecule has 0 radical (unpaired) electrons. The Balaban J connectivity index is 1.89. The van der Waals surface area contributed by atoms with Gasteiger partial charge in [-0.25, -0.2) is 4.98 Å². The molecular weight excluding hydrogens is 414 g/mol. The lowest BCUT2D eigenvalue weighted by atomic mass is 10.1. The molecule has 2 atom stereocenters. The predicted octanol–water partition coefficient (Wildman–Crippen LogP) is 1.42. The molecule has 0 bridgehead atoms. The molecule has 1 aromatic carbocycles. The summed E-state index contributed by atoms with van der Waals surface area (Å²) in [5, 5.41) is 4.28. The number of hydrogen-bond acceptors (Lipinski definition) is 7. The molecule has 0 amide bonds. The lowest BCUT2D eigenvalue weighted by molar-refractivity contribution is 0.0183. The number of nitrogens with two attached hydrogens (primary N) is 1. The van der Waals surface area contributed by atoms with Crippen LogP contribution in [0.5, 0.6) is 0 Å². The summed E-state index contributed by atoms with van der Waals surface area (Å²) in [7, 11) is -1.17. The number of nitrogens with one attached hydrogen (secondary N) is 1. The molecule has 2 unspecified atom stereocenters. The highest BCUT2D eigenvalue weighted by Crippen LogP contribution is 2.29. The zero-order chi connectivity index (χ0) is 20.5. The van der Waals surface area contributed by atoms with Crippen LogP contribution >= 0.6 is 11.6 Å². The molecule has 0 saturated carbocycles. The number of hydrogen-bond donors (Lipinski definition) is 2. The minimum atomic E-state index is -1.17. The maximum Gasteiger partial charge on any atom is 0.260 e. The van der Waals surface area contributed by atoms with E-state index in [4.69, 9.17) is 22.1 Å². The number of fused-ring (bicyclic) bond motifs is 1. The number of morpholine rings is 1. The van der Waals surface area contributed by atoms with Crippen LogP contribution in [-0.2, 0) is 22.1 Å². The molecule has 0 aliphatic carbocycles. The van der Waals surface area contributed by atoms with Gasteiger partial charge in [-0.15, -0.1) is 0 Å². The smallest absolute Gasteiger partial charge is 0.260 e. The largest absolute Gasteiger partial charge is 0.374 e. The van der Waals surface area contributed by atoms with Crippen LogP contribution in [0.4, 0.5) is 5.95 Å². The molecule has 4 rings (SSSR count). The molecule has 1 fully saturated rings. The second kappa shape index (κ2) is 8.19. The number of rotatable bonds is 4. The zero-order valence-electron chi connectivity index (χ0n) is 15.7. The number of nitrogens with zero attached hydrogens (tertiary/aromatic N) is 3. The molecule has 0 spiro atoms. The van der Waals surface area contributed by atoms with Crippen molar-refractivity contribution in [3.8, 4) is 11.1 Å². The second-order valence-electron chi connectivity index (χ2n) is 6.77. The molecule has 1 saturated heterocycles. The topological polar surface area (TPSA) is 112 Å². The van der Waals surface area contributed by atoms with Gasteiger partial charge in [0.2, 0.25) is 5.95 Å². The summed E-state index contributed by atoms with van der Waals surface area (Å²) in [6, 6.07) is 6.74. The van der Waals surface area contributed by atoms with Crippen molar-refractivity contribution in [3.63, 3.8) is 0 Å². The fourth-order valence-corrected chi connectivity index (χ4v) is 4.26. The Morgan fingerprint density at radius 2 is 2.21 bits per heavy atom. The minimum Gasteiger partial charge on any atom is -0.374 e. The Hall–Kier alpha value is -2.33. The van der Waals surface area contributed by atoms with Crippen LogP contribution in [0.2, 0.25) is 5.02 Å². The SMILES string of the molecule is CS(=O)c1ccc(-c2cc3cnc(N)nc3n(CC3CNCCO3)c2=O)c(Cl)c1. The monoisotopic (exact) mass is 433 g/mol. The third kappa shape index (κ3) is 4.04. The summed E-state index contributed by atoms with van der Waals surface area (Å²) in [4.78, 5) is 22.3. The third-order valence-electron chi connectivity index (χ3n) is 4.80. The van der Waals surface area contributed by atoms with Gasteiger partial charge in [0.05, 0.1) is 19.3 Å². The van der Waals surface area contributed by atoms with Gasteiger partial charge in [-0.05, 0) is 18.2 Å². The molecule has 152 valence electrons. The molecule has 10 heteroatoms. The number of halogens is 1. The van der Waals surface area contributed by atoms with E-state index in [1.807, 2.05) is 0 Å². The first-order valence-electron chi connectivity index (χ1n) is 9.06. The lowest BCUT2D eigenvalue weighted by Crippen LogP contribution is -2.42. The molecule has 1 aliphatic rings. The number of benzene rings is 1. The Morgan fingerprint density at radius 1 is 1.38 bits per heavy atom. The number of ether oxygens (including phenoxy) is 1. The van der Waals surface area contributed by atoms with E-state index in [-0.39, 0.29) is 17.6 Å². The Bertz CT molecular complexity index is 1160. The van der Waals surface area contributed by atoms with Crippen molar-refractivity contribution in [3.05, 3.63) is 45.8 Å². The Morgan fingerprint density at radius 3 is 2.90 bits per heavy atom. The molecule has 3 N–H and O–H groups in total. The van der Waals surface area contributed by atoms with Gasteiger partial charge in [0.25, 0.3) is 5.56 Å². The fraction of sp³-hybridized carbons (Fsp3) is 0.316. The van der Waals surface area contributed by atoms with E-state index >= 15 is 0 Å². The summed E-state index contributed by atoms with van der Waals surface area (Å²) in [6.45, 7) is 2.31. The van der Waals surface area contributed by atoms with Crippen LogP contribution in [0.25, 0.3) is 22.2 Å². The average molecular weight is 434 g/mol. The van der Waals surface area contributed by atoms with Crippen molar-refractivity contribution in [2.45, 2.75) is 17.5 Å². The highest BCUT2D eigenvalue weighted by atomic mass is 35.5. The summed E-state index contributed by atoms with van der Waals surface area (Å²) in [6.07, 6.45) is 2.99. The Kier molecular flexibility index (Phi) is 5.64. The van der Waals surface area contributed by atoms with Crippen molar-refractivity contribution in [2.75, 3.05) is 31.7 Å². The average Bonchev–Trinajstić information content (AvgIpc) is 2.71. The number of nitrogen functional groups attached to an aromatic ring is 1. The maximum atomic E-state index is 13.4. The van der Waals surface area contributed by atoms with Crippen molar-refractivity contribution < 1.29 is 8.95 Å². The summed E-state index contributed by atoms with van der Waals surface area (Å²) in [5.74, 6) is 0.0916. The van der Waals surface area contributed by atoms with Crippen molar-refractivity contribution in [2.24, 2.45) is 0 Å². The van der Waals surface area contributed by atoms with Crippen LogP contribution < -0.4 is 16.6 Å². The third-order valence-corrected chi connectivity index (χ3v) is 6.03. The molecule has 1 aliphatic heterocycles. The summed E-state index contributed by atoms with van der Waals surface area (Å²) < 4.78 is 19.1. The van der Waals surface area contributed by atoms with E-state index in [2.05, 4.69) is 15.3 Å². The Labute approximate surface area is 174 Å². The van der Waals surface area contributed by atoms with E-state index in [1.54, 1.807) is 41.3 Å². The van der Waals surface area contributed by atoms with Crippen molar-refractivity contribution >= 4 is 39.4 Å². The van der Waals surface area contributed by atoms with Gasteiger partial charge in [0.15, 0.2) is 0 Å². The van der Waals surface area contributed by atoms with Crippen LogP contribution in [0.15, 0.2) is 40.2 Å². The molecule has 3 aromatic rings. The quantitative estimate of drug-likeness (QED) is 0.639. The van der Waals surface area contributed by atoms with Gasteiger partial charge in [0, 0.05) is 62.8 Å². The van der Waals surface area contributed by atoms with E-state index in [1.165, 1.54) is 0 Å². The molecule has 29 heavy (non-hydrogen) atoms. The van der Waals surface area contributed by atoms with Gasteiger partial charge in [0.1, 0.15) is 5.65 Å². The first-order valence-corrected chi connectivity index (χ1v) is 11.0. The summed E-state index contributed by atoms with van der Waals surface area (Å²) in [5.41, 5.74) is 6.92. The van der Waals surface area contributed by atoms with Gasteiger partial charge in [-0.2, -0.15) is 4.98 Å². The van der Waals surface area contributed by atoms with Crippen LogP contribution in [-0.4, -0.2) is 50.8 Å². The lowest BCUT2D eigenvalue weighted by Gasteiger charge is -2.25. The summed E-state index contributed by atoms with van der Waals surface area (Å²) >= 11 is 6.43. The molecular formula is C19H20ClN5O3S. The first-order chi connectivity index (χ1) is 13.9.